The lowest BCUT2D eigenvalue weighted by Crippen LogP contribution is -2.33. The van der Waals surface area contributed by atoms with E-state index in [4.69, 9.17) is 20.6 Å². The van der Waals surface area contributed by atoms with E-state index in [9.17, 15) is 0 Å². The van der Waals surface area contributed by atoms with Crippen LogP contribution in [0.4, 0.5) is 5.95 Å². The Morgan fingerprint density at radius 1 is 1.10 bits per heavy atom. The second kappa shape index (κ2) is 8.40. The molecule has 3 heterocycles. The first-order valence-electron chi connectivity index (χ1n) is 11.2. The summed E-state index contributed by atoms with van der Waals surface area (Å²) in [7, 11) is 0. The van der Waals surface area contributed by atoms with Crippen molar-refractivity contribution < 1.29 is 4.74 Å². The van der Waals surface area contributed by atoms with Crippen LogP contribution in [-0.2, 0) is 17.7 Å². The summed E-state index contributed by atoms with van der Waals surface area (Å²) in [4.78, 5) is 9.33. The van der Waals surface area contributed by atoms with Gasteiger partial charge in [-0.15, -0.1) is 0 Å². The summed E-state index contributed by atoms with van der Waals surface area (Å²) in [6.45, 7) is 2.68. The fourth-order valence-electron chi connectivity index (χ4n) is 4.59. The van der Waals surface area contributed by atoms with Crippen LogP contribution >= 0.6 is 0 Å². The highest BCUT2D eigenvalue weighted by Gasteiger charge is 2.27. The van der Waals surface area contributed by atoms with Gasteiger partial charge in [-0.2, -0.15) is 5.10 Å². The van der Waals surface area contributed by atoms with Gasteiger partial charge in [-0.25, -0.2) is 9.97 Å². The van der Waals surface area contributed by atoms with Crippen LogP contribution in [0.5, 0.6) is 0 Å². The molecule has 1 saturated heterocycles. The molecule has 2 aromatic heterocycles. The molecule has 1 aliphatic heterocycles. The van der Waals surface area contributed by atoms with Gasteiger partial charge in [0.1, 0.15) is 0 Å². The van der Waals surface area contributed by atoms with E-state index in [0.717, 1.165) is 81.4 Å². The largest absolute Gasteiger partial charge is 0.381 e. The number of nitrogens with zero attached hydrogens (tertiary/aromatic N) is 4. The van der Waals surface area contributed by atoms with Crippen molar-refractivity contribution in [1.82, 2.24) is 19.7 Å². The Bertz CT molecular complexity index is 818. The number of anilines is 1. The smallest absolute Gasteiger partial charge is 0.223 e. The minimum absolute atomic E-state index is 0.349. The van der Waals surface area contributed by atoms with Crippen LogP contribution in [0.2, 0.25) is 0 Å². The first kappa shape index (κ1) is 19.0. The molecule has 1 unspecified atom stereocenters. The van der Waals surface area contributed by atoms with Gasteiger partial charge in [0.2, 0.25) is 5.95 Å². The molecule has 29 heavy (non-hydrogen) atoms. The quantitative estimate of drug-likeness (QED) is 0.748. The van der Waals surface area contributed by atoms with E-state index in [1.807, 2.05) is 18.5 Å². The molecule has 2 saturated carbocycles. The van der Waals surface area contributed by atoms with E-state index in [-0.39, 0.29) is 0 Å². The molecule has 0 amide bonds. The average molecular weight is 397 g/mol. The van der Waals surface area contributed by atoms with Gasteiger partial charge in [0, 0.05) is 48.6 Å². The number of nitrogens with one attached hydrogen (secondary N) is 1. The molecule has 156 valence electrons. The molecule has 0 spiro atoms. The number of ether oxygens (including phenoxy) is 1. The van der Waals surface area contributed by atoms with Gasteiger partial charge in [-0.05, 0) is 63.4 Å². The molecule has 0 radical (unpaired) electrons. The predicted octanol–water partition coefficient (Wildman–Crippen LogP) is 3.01. The zero-order chi connectivity index (χ0) is 19.6. The van der Waals surface area contributed by atoms with Crippen LogP contribution in [0.3, 0.4) is 0 Å². The molecule has 1 atom stereocenters. The Balaban J connectivity index is 1.36. The number of hydrogen-bond acceptors (Lipinski definition) is 6. The summed E-state index contributed by atoms with van der Waals surface area (Å²) in [5, 5.41) is 8.29. The van der Waals surface area contributed by atoms with Crippen molar-refractivity contribution in [3.63, 3.8) is 0 Å². The molecule has 2 aromatic rings. The summed E-state index contributed by atoms with van der Waals surface area (Å²) in [5.41, 5.74) is 9.49. The monoisotopic (exact) mass is 396 g/mol. The number of aromatic nitrogens is 4. The Labute approximate surface area is 172 Å². The minimum atomic E-state index is 0.349. The Morgan fingerprint density at radius 3 is 2.72 bits per heavy atom. The Hall–Kier alpha value is -1.99. The average Bonchev–Trinajstić information content (AvgIpc) is 3.24. The highest BCUT2D eigenvalue weighted by molar-refractivity contribution is 5.62. The lowest BCUT2D eigenvalue weighted by atomic mass is 9.92. The van der Waals surface area contributed by atoms with E-state index in [1.54, 1.807) is 0 Å². The van der Waals surface area contributed by atoms with Crippen molar-refractivity contribution in [3.05, 3.63) is 24.2 Å². The SMILES string of the molecule is N[C@H]1CC[C@H](Nc2nccc(-c3cnn(CC4CCOC4)c3CC3CC3)n2)CC1. The predicted molar refractivity (Wildman–Crippen MR) is 112 cm³/mol. The molecule has 3 fully saturated rings. The molecule has 5 rings (SSSR count). The molecule has 0 aromatic carbocycles. The molecule has 3 N–H and O–H groups in total. The third-order valence-corrected chi connectivity index (χ3v) is 6.62. The van der Waals surface area contributed by atoms with E-state index in [0.29, 0.717) is 18.0 Å². The van der Waals surface area contributed by atoms with E-state index in [1.165, 1.54) is 18.5 Å². The van der Waals surface area contributed by atoms with Crippen molar-refractivity contribution in [2.45, 2.75) is 70.0 Å². The zero-order valence-electron chi connectivity index (χ0n) is 17.1. The maximum absolute atomic E-state index is 6.04. The van der Waals surface area contributed by atoms with Crippen LogP contribution in [-0.4, -0.2) is 45.0 Å². The number of rotatable bonds is 7. The van der Waals surface area contributed by atoms with Crippen molar-refractivity contribution >= 4 is 5.95 Å². The lowest BCUT2D eigenvalue weighted by Gasteiger charge is -2.26. The summed E-state index contributed by atoms with van der Waals surface area (Å²) in [6, 6.07) is 2.78. The Morgan fingerprint density at radius 2 is 1.97 bits per heavy atom. The van der Waals surface area contributed by atoms with E-state index < -0.39 is 0 Å². The Kier molecular flexibility index (Phi) is 5.50. The normalized spacial score (nSPS) is 27.3. The molecule has 0 bridgehead atoms. The van der Waals surface area contributed by atoms with Crippen LogP contribution in [0.25, 0.3) is 11.3 Å². The van der Waals surface area contributed by atoms with E-state index >= 15 is 0 Å². The zero-order valence-corrected chi connectivity index (χ0v) is 17.1. The van der Waals surface area contributed by atoms with Crippen LogP contribution in [0, 0.1) is 11.8 Å². The summed E-state index contributed by atoms with van der Waals surface area (Å²) >= 11 is 0. The van der Waals surface area contributed by atoms with Gasteiger partial charge >= 0.3 is 0 Å². The first-order valence-corrected chi connectivity index (χ1v) is 11.2. The highest BCUT2D eigenvalue weighted by Crippen LogP contribution is 2.36. The van der Waals surface area contributed by atoms with Crippen LogP contribution in [0.1, 0.15) is 50.6 Å². The molecule has 3 aliphatic rings. The molecular formula is C22H32N6O. The third kappa shape index (κ3) is 4.61. The van der Waals surface area contributed by atoms with E-state index in [2.05, 4.69) is 15.0 Å². The molecule has 2 aliphatic carbocycles. The van der Waals surface area contributed by atoms with Gasteiger partial charge in [0.15, 0.2) is 0 Å². The van der Waals surface area contributed by atoms with Gasteiger partial charge in [-0.1, -0.05) is 0 Å². The topological polar surface area (TPSA) is 90.9 Å². The number of hydrogen-bond donors (Lipinski definition) is 2. The van der Waals surface area contributed by atoms with Gasteiger partial charge in [0.05, 0.1) is 18.5 Å². The second-order valence-electron chi connectivity index (χ2n) is 9.09. The van der Waals surface area contributed by atoms with Gasteiger partial charge in [-0.3, -0.25) is 4.68 Å². The highest BCUT2D eigenvalue weighted by atomic mass is 16.5. The standard InChI is InChI=1S/C22H32N6O/c23-17-3-5-18(6-4-17)26-22-24-9-7-20(27-22)19-12-25-28(13-16-8-10-29-14-16)21(19)11-15-1-2-15/h7,9,12,15-18H,1-6,8,10-11,13-14,23H2,(H,24,26,27)/t16?,17-,18-. The van der Waals surface area contributed by atoms with Gasteiger partial charge < -0.3 is 15.8 Å². The van der Waals surface area contributed by atoms with Crippen molar-refractivity contribution in [2.75, 3.05) is 18.5 Å². The second-order valence-corrected chi connectivity index (χ2v) is 9.09. The lowest BCUT2D eigenvalue weighted by molar-refractivity contribution is 0.181. The maximum Gasteiger partial charge on any atom is 0.223 e. The fourth-order valence-corrected chi connectivity index (χ4v) is 4.59. The molecule has 7 nitrogen and oxygen atoms in total. The van der Waals surface area contributed by atoms with Crippen LogP contribution in [0.15, 0.2) is 18.5 Å². The van der Waals surface area contributed by atoms with Gasteiger partial charge in [0.25, 0.3) is 0 Å². The third-order valence-electron chi connectivity index (χ3n) is 6.62. The maximum atomic E-state index is 6.04. The molecular weight excluding hydrogens is 364 g/mol. The first-order chi connectivity index (χ1) is 14.2. The number of nitrogens with two attached hydrogens (primary N) is 1. The van der Waals surface area contributed by atoms with Crippen LogP contribution < -0.4 is 11.1 Å². The molecule has 7 heteroatoms. The summed E-state index contributed by atoms with van der Waals surface area (Å²) in [6.07, 6.45) is 13.1. The van der Waals surface area contributed by atoms with Crippen molar-refractivity contribution in [3.8, 4) is 11.3 Å². The summed E-state index contributed by atoms with van der Waals surface area (Å²) < 4.78 is 7.78. The minimum Gasteiger partial charge on any atom is -0.381 e. The summed E-state index contributed by atoms with van der Waals surface area (Å²) in [5.74, 6) is 2.09. The van der Waals surface area contributed by atoms with Crippen molar-refractivity contribution in [2.24, 2.45) is 17.6 Å². The fraction of sp³-hybridized carbons (Fsp3) is 0.682. The van der Waals surface area contributed by atoms with Crippen molar-refractivity contribution in [1.29, 1.82) is 0 Å².